The molecule has 116 valence electrons. The predicted molar refractivity (Wildman–Crippen MR) is 88.9 cm³/mol. The van der Waals surface area contributed by atoms with Gasteiger partial charge in [0.1, 0.15) is 0 Å². The highest BCUT2D eigenvalue weighted by Crippen LogP contribution is 2.23. The summed E-state index contributed by atoms with van der Waals surface area (Å²) in [6.07, 6.45) is 4.53. The molecule has 2 rings (SSSR count). The lowest BCUT2D eigenvalue weighted by atomic mass is 10.0. The molecule has 1 N–H and O–H groups in total. The number of likely N-dealkylation sites (tertiary alicyclic amines) is 1. The van der Waals surface area contributed by atoms with E-state index >= 15 is 0 Å². The first-order valence-corrected chi connectivity index (χ1v) is 8.25. The molecule has 1 aliphatic heterocycles. The van der Waals surface area contributed by atoms with E-state index in [1.807, 2.05) is 24.0 Å². The number of carbonyl (C=O) groups excluding carboxylic acids is 1. The van der Waals surface area contributed by atoms with Crippen molar-refractivity contribution in [3.05, 3.63) is 29.3 Å². The normalized spacial score (nSPS) is 19.2. The summed E-state index contributed by atoms with van der Waals surface area (Å²) < 4.78 is 0. The van der Waals surface area contributed by atoms with Crippen LogP contribution < -0.4 is 5.32 Å². The summed E-state index contributed by atoms with van der Waals surface area (Å²) in [5.74, 6) is 0.921. The number of carbonyl (C=O) groups is 1. The number of anilines is 1. The fourth-order valence-electron chi connectivity index (χ4n) is 2.89. The Morgan fingerprint density at radius 2 is 2.14 bits per heavy atom. The molecule has 0 aliphatic carbocycles. The maximum absolute atomic E-state index is 12.9. The van der Waals surface area contributed by atoms with Gasteiger partial charge < -0.3 is 10.2 Å². The molecule has 0 spiro atoms. The van der Waals surface area contributed by atoms with Gasteiger partial charge in [-0.1, -0.05) is 25.5 Å². The zero-order valence-electron chi connectivity index (χ0n) is 13.6. The van der Waals surface area contributed by atoms with Crippen molar-refractivity contribution in [3.8, 4) is 0 Å². The van der Waals surface area contributed by atoms with E-state index in [1.54, 1.807) is 0 Å². The zero-order chi connectivity index (χ0) is 15.2. The Labute approximate surface area is 128 Å². The number of aryl methyl sites for hydroxylation is 1. The summed E-state index contributed by atoms with van der Waals surface area (Å²) in [6.45, 7) is 9.16. The Hall–Kier alpha value is -1.51. The zero-order valence-corrected chi connectivity index (χ0v) is 13.6. The Morgan fingerprint density at radius 1 is 1.33 bits per heavy atom. The molecule has 0 radical (unpaired) electrons. The quantitative estimate of drug-likeness (QED) is 0.905. The minimum Gasteiger partial charge on any atom is -0.384 e. The molecule has 21 heavy (non-hydrogen) atoms. The smallest absolute Gasteiger partial charge is 0.255 e. The summed E-state index contributed by atoms with van der Waals surface area (Å²) in [6, 6.07) is 6.13. The van der Waals surface area contributed by atoms with Crippen molar-refractivity contribution in [3.63, 3.8) is 0 Å². The highest BCUT2D eigenvalue weighted by atomic mass is 16.2. The SMILES string of the molecule is CCCNc1ccc(C)cc1C(=O)N1CCCC(C)CC1. The van der Waals surface area contributed by atoms with Gasteiger partial charge in [0.15, 0.2) is 0 Å². The highest BCUT2D eigenvalue weighted by Gasteiger charge is 2.21. The number of hydrogen-bond acceptors (Lipinski definition) is 2. The Balaban J connectivity index is 2.18. The van der Waals surface area contributed by atoms with Gasteiger partial charge in [0, 0.05) is 25.3 Å². The van der Waals surface area contributed by atoms with Crippen LogP contribution in [0.15, 0.2) is 18.2 Å². The molecular formula is C18H28N2O. The lowest BCUT2D eigenvalue weighted by Crippen LogP contribution is -2.32. The summed E-state index contributed by atoms with van der Waals surface area (Å²) in [5.41, 5.74) is 2.95. The Bertz CT molecular complexity index is 484. The first-order chi connectivity index (χ1) is 10.1. The molecule has 1 fully saturated rings. The van der Waals surface area contributed by atoms with Crippen LogP contribution in [0, 0.1) is 12.8 Å². The van der Waals surface area contributed by atoms with Gasteiger partial charge in [-0.05, 0) is 50.7 Å². The fourth-order valence-corrected chi connectivity index (χ4v) is 2.89. The first-order valence-electron chi connectivity index (χ1n) is 8.25. The topological polar surface area (TPSA) is 32.3 Å². The van der Waals surface area contributed by atoms with E-state index < -0.39 is 0 Å². The van der Waals surface area contributed by atoms with E-state index in [4.69, 9.17) is 0 Å². The van der Waals surface area contributed by atoms with Crippen LogP contribution in [-0.4, -0.2) is 30.4 Å². The first kappa shape index (κ1) is 15.9. The Morgan fingerprint density at radius 3 is 2.90 bits per heavy atom. The third-order valence-corrected chi connectivity index (χ3v) is 4.27. The number of nitrogens with one attached hydrogen (secondary N) is 1. The van der Waals surface area contributed by atoms with Gasteiger partial charge in [-0.3, -0.25) is 4.79 Å². The molecule has 0 saturated carbocycles. The number of rotatable bonds is 4. The molecule has 1 aliphatic rings. The van der Waals surface area contributed by atoms with E-state index in [2.05, 4.69) is 25.2 Å². The van der Waals surface area contributed by atoms with Crippen molar-refractivity contribution in [1.29, 1.82) is 0 Å². The average molecular weight is 288 g/mol. The van der Waals surface area contributed by atoms with Gasteiger partial charge in [-0.15, -0.1) is 0 Å². The number of amides is 1. The predicted octanol–water partition coefficient (Wildman–Crippen LogP) is 4.08. The van der Waals surface area contributed by atoms with Crippen LogP contribution in [0.4, 0.5) is 5.69 Å². The van der Waals surface area contributed by atoms with Crippen LogP contribution >= 0.6 is 0 Å². The highest BCUT2D eigenvalue weighted by molar-refractivity contribution is 5.99. The Kier molecular flexibility index (Phi) is 5.66. The minimum absolute atomic E-state index is 0.186. The molecule has 0 bridgehead atoms. The van der Waals surface area contributed by atoms with Crippen LogP contribution in [0.25, 0.3) is 0 Å². The second kappa shape index (κ2) is 7.48. The van der Waals surface area contributed by atoms with Crippen molar-refractivity contribution >= 4 is 11.6 Å². The third-order valence-electron chi connectivity index (χ3n) is 4.27. The molecule has 3 heteroatoms. The summed E-state index contributed by atoms with van der Waals surface area (Å²) in [7, 11) is 0. The molecular weight excluding hydrogens is 260 g/mol. The van der Waals surface area contributed by atoms with Crippen molar-refractivity contribution in [1.82, 2.24) is 4.90 Å². The molecule has 1 amide bonds. The maximum atomic E-state index is 12.9. The van der Waals surface area contributed by atoms with E-state index in [9.17, 15) is 4.79 Å². The molecule has 1 aromatic rings. The molecule has 1 atom stereocenters. The van der Waals surface area contributed by atoms with Crippen LogP contribution in [0.3, 0.4) is 0 Å². The van der Waals surface area contributed by atoms with E-state index in [0.29, 0.717) is 0 Å². The molecule has 3 nitrogen and oxygen atoms in total. The van der Waals surface area contributed by atoms with Gasteiger partial charge in [-0.2, -0.15) is 0 Å². The van der Waals surface area contributed by atoms with Gasteiger partial charge in [0.25, 0.3) is 5.91 Å². The van der Waals surface area contributed by atoms with E-state index in [1.165, 1.54) is 6.42 Å². The van der Waals surface area contributed by atoms with Crippen molar-refractivity contribution in [2.24, 2.45) is 5.92 Å². The number of nitrogens with zero attached hydrogens (tertiary/aromatic N) is 1. The van der Waals surface area contributed by atoms with E-state index in [0.717, 1.165) is 61.6 Å². The van der Waals surface area contributed by atoms with Crippen molar-refractivity contribution < 1.29 is 4.79 Å². The van der Waals surface area contributed by atoms with Gasteiger partial charge in [0.2, 0.25) is 0 Å². The molecule has 1 saturated heterocycles. The second-order valence-electron chi connectivity index (χ2n) is 6.30. The van der Waals surface area contributed by atoms with Crippen LogP contribution in [0.1, 0.15) is 55.5 Å². The van der Waals surface area contributed by atoms with Gasteiger partial charge in [0.05, 0.1) is 5.56 Å². The molecule has 0 aromatic heterocycles. The van der Waals surface area contributed by atoms with Crippen LogP contribution in [0.5, 0.6) is 0 Å². The summed E-state index contributed by atoms with van der Waals surface area (Å²) in [4.78, 5) is 14.9. The lowest BCUT2D eigenvalue weighted by Gasteiger charge is -2.22. The monoisotopic (exact) mass is 288 g/mol. The van der Waals surface area contributed by atoms with Crippen molar-refractivity contribution in [2.45, 2.75) is 46.5 Å². The number of hydrogen-bond donors (Lipinski definition) is 1. The average Bonchev–Trinajstić information content (AvgIpc) is 2.70. The molecule has 1 unspecified atom stereocenters. The summed E-state index contributed by atoms with van der Waals surface area (Å²) in [5, 5.41) is 3.39. The number of benzene rings is 1. The summed E-state index contributed by atoms with van der Waals surface area (Å²) >= 11 is 0. The van der Waals surface area contributed by atoms with Gasteiger partial charge >= 0.3 is 0 Å². The third kappa shape index (κ3) is 4.23. The minimum atomic E-state index is 0.186. The van der Waals surface area contributed by atoms with Gasteiger partial charge in [-0.25, -0.2) is 0 Å². The van der Waals surface area contributed by atoms with Crippen molar-refractivity contribution in [2.75, 3.05) is 25.0 Å². The van der Waals surface area contributed by atoms with E-state index in [-0.39, 0.29) is 5.91 Å². The lowest BCUT2D eigenvalue weighted by molar-refractivity contribution is 0.0761. The fraction of sp³-hybridized carbons (Fsp3) is 0.611. The van der Waals surface area contributed by atoms with Crippen LogP contribution in [0.2, 0.25) is 0 Å². The largest absolute Gasteiger partial charge is 0.384 e. The molecule has 1 heterocycles. The molecule has 1 aromatic carbocycles. The van der Waals surface area contributed by atoms with Crippen LogP contribution in [-0.2, 0) is 0 Å². The standard InChI is InChI=1S/C18H28N2O/c1-4-10-19-17-8-7-15(3)13-16(17)18(21)20-11-5-6-14(2)9-12-20/h7-8,13-14,19H,4-6,9-12H2,1-3H3. The second-order valence-corrected chi connectivity index (χ2v) is 6.30. The maximum Gasteiger partial charge on any atom is 0.255 e.